The number of methoxy groups -OCH3 is 2. The van der Waals surface area contributed by atoms with Crippen LogP contribution in [-0.4, -0.2) is 42.7 Å². The van der Waals surface area contributed by atoms with E-state index in [0.717, 1.165) is 42.3 Å². The standard InChI is InChI=1S/C18H22N2O3/c1-19-7-4-5-17(19)18(21)20-8-6-13(12-20)14-9-15(22-2)11-16(10-14)23-3/h4-5,7,9-11,13H,6,8,12H2,1-3H3. The highest BCUT2D eigenvalue weighted by atomic mass is 16.5. The van der Waals surface area contributed by atoms with Gasteiger partial charge in [0.05, 0.1) is 14.2 Å². The van der Waals surface area contributed by atoms with Crippen LogP contribution in [0.15, 0.2) is 36.5 Å². The van der Waals surface area contributed by atoms with Gasteiger partial charge < -0.3 is 18.9 Å². The highest BCUT2D eigenvalue weighted by molar-refractivity contribution is 5.93. The Morgan fingerprint density at radius 3 is 2.43 bits per heavy atom. The van der Waals surface area contributed by atoms with Gasteiger partial charge in [0, 0.05) is 38.3 Å². The third-order valence-corrected chi connectivity index (χ3v) is 4.48. The lowest BCUT2D eigenvalue weighted by atomic mass is 9.98. The number of hydrogen-bond donors (Lipinski definition) is 0. The third-order valence-electron chi connectivity index (χ3n) is 4.48. The van der Waals surface area contributed by atoms with Gasteiger partial charge in [0.1, 0.15) is 17.2 Å². The summed E-state index contributed by atoms with van der Waals surface area (Å²) < 4.78 is 12.5. The fourth-order valence-electron chi connectivity index (χ4n) is 3.13. The van der Waals surface area contributed by atoms with E-state index in [9.17, 15) is 4.79 Å². The summed E-state index contributed by atoms with van der Waals surface area (Å²) in [4.78, 5) is 14.5. The summed E-state index contributed by atoms with van der Waals surface area (Å²) >= 11 is 0. The summed E-state index contributed by atoms with van der Waals surface area (Å²) in [7, 11) is 5.20. The van der Waals surface area contributed by atoms with E-state index in [1.807, 2.05) is 53.0 Å². The molecule has 1 aromatic carbocycles. The van der Waals surface area contributed by atoms with Gasteiger partial charge in [-0.2, -0.15) is 0 Å². The molecule has 1 fully saturated rings. The Balaban J connectivity index is 1.77. The molecule has 1 atom stereocenters. The van der Waals surface area contributed by atoms with Crippen molar-refractivity contribution >= 4 is 5.91 Å². The minimum absolute atomic E-state index is 0.0925. The zero-order chi connectivity index (χ0) is 16.4. The number of carbonyl (C=O) groups is 1. The van der Waals surface area contributed by atoms with Crippen molar-refractivity contribution in [1.29, 1.82) is 0 Å². The molecule has 0 radical (unpaired) electrons. The molecule has 5 heteroatoms. The van der Waals surface area contributed by atoms with Crippen molar-refractivity contribution in [3.63, 3.8) is 0 Å². The number of aromatic nitrogens is 1. The first-order valence-electron chi connectivity index (χ1n) is 7.76. The molecule has 1 aromatic heterocycles. The first kappa shape index (κ1) is 15.5. The number of likely N-dealkylation sites (tertiary alicyclic amines) is 1. The van der Waals surface area contributed by atoms with E-state index in [4.69, 9.17) is 9.47 Å². The zero-order valence-electron chi connectivity index (χ0n) is 13.8. The maximum Gasteiger partial charge on any atom is 0.270 e. The largest absolute Gasteiger partial charge is 0.497 e. The maximum absolute atomic E-state index is 12.6. The molecule has 2 heterocycles. The van der Waals surface area contributed by atoms with E-state index in [0.29, 0.717) is 5.92 Å². The Kier molecular flexibility index (Phi) is 4.28. The Labute approximate surface area is 136 Å². The number of benzene rings is 1. The van der Waals surface area contributed by atoms with Gasteiger partial charge in [-0.3, -0.25) is 4.79 Å². The fourth-order valence-corrected chi connectivity index (χ4v) is 3.13. The second kappa shape index (κ2) is 6.36. The Hall–Kier alpha value is -2.43. The number of nitrogens with zero attached hydrogens (tertiary/aromatic N) is 2. The van der Waals surface area contributed by atoms with Crippen LogP contribution in [0.25, 0.3) is 0 Å². The number of carbonyl (C=O) groups excluding carboxylic acids is 1. The van der Waals surface area contributed by atoms with Gasteiger partial charge in [-0.05, 0) is 36.2 Å². The van der Waals surface area contributed by atoms with E-state index in [1.54, 1.807) is 14.2 Å². The molecule has 0 spiro atoms. The molecule has 1 saturated heterocycles. The van der Waals surface area contributed by atoms with Gasteiger partial charge in [-0.1, -0.05) is 0 Å². The number of amides is 1. The first-order valence-corrected chi connectivity index (χ1v) is 7.76. The second-order valence-electron chi connectivity index (χ2n) is 5.89. The molecule has 1 aliphatic heterocycles. The van der Waals surface area contributed by atoms with Crippen molar-refractivity contribution < 1.29 is 14.3 Å². The molecule has 0 saturated carbocycles. The number of ether oxygens (including phenoxy) is 2. The highest BCUT2D eigenvalue weighted by Gasteiger charge is 2.29. The molecule has 0 N–H and O–H groups in total. The van der Waals surface area contributed by atoms with Crippen molar-refractivity contribution in [3.05, 3.63) is 47.8 Å². The number of rotatable bonds is 4. The first-order chi connectivity index (χ1) is 11.1. The molecule has 0 bridgehead atoms. The van der Waals surface area contributed by atoms with Crippen LogP contribution in [0.4, 0.5) is 0 Å². The summed E-state index contributed by atoms with van der Waals surface area (Å²) in [5.74, 6) is 1.97. The minimum atomic E-state index is 0.0925. The van der Waals surface area contributed by atoms with Crippen LogP contribution in [0.1, 0.15) is 28.4 Å². The van der Waals surface area contributed by atoms with E-state index in [1.165, 1.54) is 0 Å². The quantitative estimate of drug-likeness (QED) is 0.871. The van der Waals surface area contributed by atoms with Crippen molar-refractivity contribution in [2.24, 2.45) is 7.05 Å². The molecule has 2 aromatic rings. The Morgan fingerprint density at radius 2 is 1.87 bits per heavy atom. The minimum Gasteiger partial charge on any atom is -0.497 e. The van der Waals surface area contributed by atoms with Crippen molar-refractivity contribution in [3.8, 4) is 11.5 Å². The Bertz CT molecular complexity index is 686. The molecular formula is C18H22N2O3. The van der Waals surface area contributed by atoms with Crippen LogP contribution in [0.3, 0.4) is 0 Å². The normalized spacial score (nSPS) is 17.3. The predicted octanol–water partition coefficient (Wildman–Crippen LogP) is 2.67. The molecule has 1 aliphatic rings. The Morgan fingerprint density at radius 1 is 1.17 bits per heavy atom. The van der Waals surface area contributed by atoms with Gasteiger partial charge in [-0.25, -0.2) is 0 Å². The molecule has 0 aliphatic carbocycles. The monoisotopic (exact) mass is 314 g/mol. The van der Waals surface area contributed by atoms with E-state index < -0.39 is 0 Å². The lowest BCUT2D eigenvalue weighted by molar-refractivity contribution is 0.0781. The van der Waals surface area contributed by atoms with Crippen LogP contribution in [0.5, 0.6) is 11.5 Å². The van der Waals surface area contributed by atoms with Gasteiger partial charge in [-0.15, -0.1) is 0 Å². The topological polar surface area (TPSA) is 43.7 Å². The van der Waals surface area contributed by atoms with Crippen LogP contribution >= 0.6 is 0 Å². The molecule has 122 valence electrons. The molecule has 5 nitrogen and oxygen atoms in total. The lowest BCUT2D eigenvalue weighted by Crippen LogP contribution is -2.29. The average Bonchev–Trinajstić information content (AvgIpc) is 3.22. The summed E-state index contributed by atoms with van der Waals surface area (Å²) in [6.45, 7) is 1.49. The lowest BCUT2D eigenvalue weighted by Gasteiger charge is -2.18. The molecular weight excluding hydrogens is 292 g/mol. The fraction of sp³-hybridized carbons (Fsp3) is 0.389. The molecule has 1 unspecified atom stereocenters. The highest BCUT2D eigenvalue weighted by Crippen LogP contribution is 2.33. The van der Waals surface area contributed by atoms with Gasteiger partial charge in [0.15, 0.2) is 0 Å². The van der Waals surface area contributed by atoms with Crippen LogP contribution in [-0.2, 0) is 7.05 Å². The predicted molar refractivity (Wildman–Crippen MR) is 88.2 cm³/mol. The van der Waals surface area contributed by atoms with Crippen LogP contribution in [0, 0.1) is 0 Å². The third kappa shape index (κ3) is 3.04. The van der Waals surface area contributed by atoms with Crippen molar-refractivity contribution in [2.75, 3.05) is 27.3 Å². The van der Waals surface area contributed by atoms with Crippen molar-refractivity contribution in [2.45, 2.75) is 12.3 Å². The summed E-state index contributed by atoms with van der Waals surface area (Å²) in [6.07, 6.45) is 2.85. The molecule has 1 amide bonds. The van der Waals surface area contributed by atoms with E-state index in [-0.39, 0.29) is 5.91 Å². The van der Waals surface area contributed by atoms with Gasteiger partial charge in [0.2, 0.25) is 0 Å². The smallest absolute Gasteiger partial charge is 0.270 e. The van der Waals surface area contributed by atoms with Crippen molar-refractivity contribution in [1.82, 2.24) is 9.47 Å². The van der Waals surface area contributed by atoms with Crippen LogP contribution in [0.2, 0.25) is 0 Å². The van der Waals surface area contributed by atoms with E-state index >= 15 is 0 Å². The maximum atomic E-state index is 12.6. The van der Waals surface area contributed by atoms with Gasteiger partial charge in [0.25, 0.3) is 5.91 Å². The summed E-state index contributed by atoms with van der Waals surface area (Å²) in [5.41, 5.74) is 1.89. The van der Waals surface area contributed by atoms with E-state index in [2.05, 4.69) is 0 Å². The van der Waals surface area contributed by atoms with Gasteiger partial charge >= 0.3 is 0 Å². The zero-order valence-corrected chi connectivity index (χ0v) is 13.8. The second-order valence-corrected chi connectivity index (χ2v) is 5.89. The molecule has 23 heavy (non-hydrogen) atoms. The SMILES string of the molecule is COc1cc(OC)cc(C2CCN(C(=O)c3cccn3C)C2)c1. The number of aryl methyl sites for hydroxylation is 1. The summed E-state index contributed by atoms with van der Waals surface area (Å²) in [5, 5.41) is 0. The summed E-state index contributed by atoms with van der Waals surface area (Å²) in [6, 6.07) is 9.69. The van der Waals surface area contributed by atoms with Crippen LogP contribution < -0.4 is 9.47 Å². The molecule has 3 rings (SSSR count). The number of hydrogen-bond acceptors (Lipinski definition) is 3. The average molecular weight is 314 g/mol.